The third-order valence-corrected chi connectivity index (χ3v) is 4.18. The smallest absolute Gasteiger partial charge is 0.166 e. The number of fused-ring (bicyclic) bond motifs is 1. The molecule has 2 aromatic carbocycles. The number of hydrogen-bond donors (Lipinski definition) is 1. The lowest BCUT2D eigenvalue weighted by Gasteiger charge is -2.32. The Morgan fingerprint density at radius 3 is 2.43 bits per heavy atom. The van der Waals surface area contributed by atoms with E-state index >= 15 is 0 Å². The molecule has 0 fully saturated rings. The summed E-state index contributed by atoms with van der Waals surface area (Å²) in [5, 5.41) is 10.5. The fourth-order valence-corrected chi connectivity index (χ4v) is 3.04. The monoisotopic (exact) mass is 316 g/mol. The summed E-state index contributed by atoms with van der Waals surface area (Å²) >= 11 is 0. The highest BCUT2D eigenvalue weighted by Crippen LogP contribution is 2.43. The zero-order chi connectivity index (χ0) is 16.4. The molecule has 1 aliphatic rings. The van der Waals surface area contributed by atoms with Gasteiger partial charge in [-0.25, -0.2) is 0 Å². The van der Waals surface area contributed by atoms with E-state index in [0.717, 1.165) is 22.4 Å². The summed E-state index contributed by atoms with van der Waals surface area (Å²) < 4.78 is 21.8. The Kier molecular flexibility index (Phi) is 4.41. The highest BCUT2D eigenvalue weighted by molar-refractivity contribution is 5.52. The van der Waals surface area contributed by atoms with Gasteiger partial charge in [-0.3, -0.25) is 0 Å². The fraction of sp³-hybridized carbons (Fsp3) is 0.333. The maximum atomic E-state index is 10.5. The van der Waals surface area contributed by atoms with Crippen LogP contribution < -0.4 is 14.2 Å². The minimum absolute atomic E-state index is 0.309. The molecule has 1 N–H and O–H groups in total. The maximum absolute atomic E-state index is 10.5. The molecule has 0 bridgehead atoms. The molecule has 0 radical (unpaired) electrons. The van der Waals surface area contributed by atoms with Crippen LogP contribution in [0.25, 0.3) is 0 Å². The zero-order valence-electron chi connectivity index (χ0n) is 13.4. The van der Waals surface area contributed by atoms with Crippen LogP contribution in [0.1, 0.15) is 22.6 Å². The van der Waals surface area contributed by atoms with E-state index in [-0.39, 0.29) is 5.92 Å². The molecule has 0 saturated heterocycles. The number of hydrogen-bond acceptors (Lipinski definition) is 5. The van der Waals surface area contributed by atoms with Gasteiger partial charge >= 0.3 is 0 Å². The van der Waals surface area contributed by atoms with Crippen molar-refractivity contribution in [2.75, 3.05) is 21.3 Å². The van der Waals surface area contributed by atoms with Crippen molar-refractivity contribution in [2.24, 2.45) is 0 Å². The molecule has 23 heavy (non-hydrogen) atoms. The van der Waals surface area contributed by atoms with Gasteiger partial charge in [0.2, 0.25) is 0 Å². The van der Waals surface area contributed by atoms with Gasteiger partial charge in [-0.1, -0.05) is 12.1 Å². The minimum atomic E-state index is -0.962. The number of ether oxygens (including phenoxy) is 4. The first-order valence-electron chi connectivity index (χ1n) is 7.37. The van der Waals surface area contributed by atoms with E-state index in [1.807, 2.05) is 36.4 Å². The summed E-state index contributed by atoms with van der Waals surface area (Å²) in [6, 6.07) is 11.3. The first-order valence-corrected chi connectivity index (χ1v) is 7.37. The van der Waals surface area contributed by atoms with E-state index in [0.29, 0.717) is 18.1 Å². The van der Waals surface area contributed by atoms with Crippen LogP contribution >= 0.6 is 0 Å². The van der Waals surface area contributed by atoms with Crippen LogP contribution in [0, 0.1) is 0 Å². The average Bonchev–Trinajstić information content (AvgIpc) is 2.60. The van der Waals surface area contributed by atoms with E-state index in [1.165, 1.54) is 0 Å². The molecule has 0 aliphatic carbocycles. The molecule has 5 nitrogen and oxygen atoms in total. The SMILES string of the molecule is COc1ccc(OC)c(C2c3cccc(OC)c3COC2O)c1. The Balaban J connectivity index is 2.17. The molecule has 2 aromatic rings. The van der Waals surface area contributed by atoms with Crippen molar-refractivity contribution in [1.29, 1.82) is 0 Å². The van der Waals surface area contributed by atoms with Crippen molar-refractivity contribution in [2.45, 2.75) is 18.8 Å². The zero-order valence-corrected chi connectivity index (χ0v) is 13.4. The third kappa shape index (κ3) is 2.73. The van der Waals surface area contributed by atoms with Crippen LogP contribution in [0.4, 0.5) is 0 Å². The Hall–Kier alpha value is -2.24. The first kappa shape index (κ1) is 15.6. The molecule has 122 valence electrons. The summed E-state index contributed by atoms with van der Waals surface area (Å²) in [5.41, 5.74) is 2.72. The van der Waals surface area contributed by atoms with Gasteiger partial charge in [0, 0.05) is 11.1 Å². The minimum Gasteiger partial charge on any atom is -0.497 e. The van der Waals surface area contributed by atoms with Gasteiger partial charge in [-0.05, 0) is 29.8 Å². The van der Waals surface area contributed by atoms with Crippen molar-refractivity contribution in [1.82, 2.24) is 0 Å². The lowest BCUT2D eigenvalue weighted by atomic mass is 9.85. The summed E-state index contributed by atoms with van der Waals surface area (Å²) in [6.45, 7) is 0.309. The molecule has 0 aromatic heterocycles. The Bertz CT molecular complexity index is 698. The second-order valence-corrected chi connectivity index (χ2v) is 5.32. The number of aliphatic hydroxyl groups excluding tert-OH is 1. The van der Waals surface area contributed by atoms with Crippen LogP contribution in [0.2, 0.25) is 0 Å². The van der Waals surface area contributed by atoms with Gasteiger partial charge in [0.1, 0.15) is 17.2 Å². The van der Waals surface area contributed by atoms with Crippen LogP contribution in [0.5, 0.6) is 17.2 Å². The molecule has 0 saturated carbocycles. The van der Waals surface area contributed by atoms with Crippen molar-refractivity contribution >= 4 is 0 Å². The summed E-state index contributed by atoms with van der Waals surface area (Å²) in [7, 11) is 4.84. The number of aliphatic hydroxyl groups is 1. The lowest BCUT2D eigenvalue weighted by molar-refractivity contribution is -0.126. The Labute approximate surface area is 135 Å². The van der Waals surface area contributed by atoms with Gasteiger partial charge in [-0.2, -0.15) is 0 Å². The normalized spacial score (nSPS) is 19.8. The van der Waals surface area contributed by atoms with Gasteiger partial charge in [0.05, 0.1) is 33.9 Å². The molecule has 2 atom stereocenters. The molecule has 0 amide bonds. The van der Waals surface area contributed by atoms with Crippen molar-refractivity contribution in [3.05, 3.63) is 53.1 Å². The van der Waals surface area contributed by atoms with Gasteiger partial charge < -0.3 is 24.1 Å². The number of benzene rings is 2. The maximum Gasteiger partial charge on any atom is 0.166 e. The van der Waals surface area contributed by atoms with Crippen LogP contribution in [0.3, 0.4) is 0 Å². The largest absolute Gasteiger partial charge is 0.497 e. The predicted octanol–water partition coefficient (Wildman–Crippen LogP) is 2.69. The van der Waals surface area contributed by atoms with Gasteiger partial charge in [-0.15, -0.1) is 0 Å². The molecular formula is C18H20O5. The second-order valence-electron chi connectivity index (χ2n) is 5.32. The quantitative estimate of drug-likeness (QED) is 0.940. The van der Waals surface area contributed by atoms with Crippen molar-refractivity contribution in [3.8, 4) is 17.2 Å². The summed E-state index contributed by atoms with van der Waals surface area (Å²) in [4.78, 5) is 0. The molecule has 3 rings (SSSR count). The molecular weight excluding hydrogens is 296 g/mol. The highest BCUT2D eigenvalue weighted by atomic mass is 16.6. The topological polar surface area (TPSA) is 57.2 Å². The summed E-state index contributed by atoms with van der Waals surface area (Å²) in [5.74, 6) is 1.75. The van der Waals surface area contributed by atoms with Gasteiger partial charge in [0.25, 0.3) is 0 Å². The average molecular weight is 316 g/mol. The standard InChI is InChI=1S/C18H20O5/c1-20-11-7-8-16(22-3)13(9-11)17-12-5-4-6-15(21-2)14(12)10-23-18(17)19/h4-9,17-19H,10H2,1-3H3. The van der Waals surface area contributed by atoms with Gasteiger partial charge in [0.15, 0.2) is 6.29 Å². The van der Waals surface area contributed by atoms with Crippen LogP contribution in [-0.4, -0.2) is 32.7 Å². The summed E-state index contributed by atoms with van der Waals surface area (Å²) in [6.07, 6.45) is -0.962. The van der Waals surface area contributed by atoms with E-state index in [1.54, 1.807) is 21.3 Å². The molecule has 0 spiro atoms. The molecule has 1 aliphatic heterocycles. The van der Waals surface area contributed by atoms with Crippen LogP contribution in [0.15, 0.2) is 36.4 Å². The van der Waals surface area contributed by atoms with E-state index in [4.69, 9.17) is 18.9 Å². The highest BCUT2D eigenvalue weighted by Gasteiger charge is 2.34. The number of rotatable bonds is 4. The van der Waals surface area contributed by atoms with Crippen molar-refractivity contribution < 1.29 is 24.1 Å². The van der Waals surface area contributed by atoms with Crippen molar-refractivity contribution in [3.63, 3.8) is 0 Å². The molecule has 2 unspecified atom stereocenters. The lowest BCUT2D eigenvalue weighted by Crippen LogP contribution is -2.29. The molecule has 5 heteroatoms. The van der Waals surface area contributed by atoms with E-state index < -0.39 is 6.29 Å². The Morgan fingerprint density at radius 2 is 1.74 bits per heavy atom. The molecule has 1 heterocycles. The van der Waals surface area contributed by atoms with E-state index in [2.05, 4.69) is 0 Å². The Morgan fingerprint density at radius 1 is 0.957 bits per heavy atom. The fourth-order valence-electron chi connectivity index (χ4n) is 3.04. The predicted molar refractivity (Wildman–Crippen MR) is 85.2 cm³/mol. The van der Waals surface area contributed by atoms with E-state index in [9.17, 15) is 5.11 Å². The number of methoxy groups -OCH3 is 3. The third-order valence-electron chi connectivity index (χ3n) is 4.18. The second kappa shape index (κ2) is 6.48. The first-order chi connectivity index (χ1) is 11.2. The van der Waals surface area contributed by atoms with Crippen LogP contribution in [-0.2, 0) is 11.3 Å².